The van der Waals surface area contributed by atoms with Crippen molar-refractivity contribution in [1.82, 2.24) is 14.5 Å². The van der Waals surface area contributed by atoms with Gasteiger partial charge in [0.05, 0.1) is 0 Å². The number of hydrogen-bond acceptors (Lipinski definition) is 2. The van der Waals surface area contributed by atoms with Crippen molar-refractivity contribution >= 4 is 11.0 Å². The van der Waals surface area contributed by atoms with Crippen LogP contribution in [0.15, 0.2) is 18.5 Å². The molecule has 0 unspecified atom stereocenters. The van der Waals surface area contributed by atoms with Crippen LogP contribution in [0.1, 0.15) is 5.82 Å². The molecule has 0 aromatic carbocycles. The van der Waals surface area contributed by atoms with E-state index in [2.05, 4.69) is 9.97 Å². The molecule has 3 nitrogen and oxygen atoms in total. The molecule has 2 aromatic heterocycles. The van der Waals surface area contributed by atoms with Crippen LogP contribution >= 0.6 is 0 Å². The van der Waals surface area contributed by atoms with E-state index in [1.165, 1.54) is 0 Å². The molecule has 0 saturated carbocycles. The Morgan fingerprint density at radius 1 is 1.45 bits per heavy atom. The summed E-state index contributed by atoms with van der Waals surface area (Å²) in [6.07, 6.45) is 3.83. The Morgan fingerprint density at radius 3 is 3.09 bits per heavy atom. The molecule has 0 spiro atoms. The van der Waals surface area contributed by atoms with Crippen LogP contribution in [0.2, 0.25) is 0 Å². The van der Waals surface area contributed by atoms with Crippen molar-refractivity contribution in [2.75, 3.05) is 0 Å². The van der Waals surface area contributed by atoms with Crippen LogP contribution in [-0.2, 0) is 7.05 Å². The molecule has 2 aromatic rings. The third kappa shape index (κ3) is 0.888. The number of hydrogen-bond donors (Lipinski definition) is 0. The Hall–Kier alpha value is -1.38. The van der Waals surface area contributed by atoms with Crippen molar-refractivity contribution < 1.29 is 0 Å². The van der Waals surface area contributed by atoms with Gasteiger partial charge in [-0.2, -0.15) is 0 Å². The number of aromatic nitrogens is 3. The maximum Gasteiger partial charge on any atom is 0.143 e. The summed E-state index contributed by atoms with van der Waals surface area (Å²) in [6.45, 7) is 1.90. The van der Waals surface area contributed by atoms with E-state index < -0.39 is 0 Å². The van der Waals surface area contributed by atoms with E-state index in [9.17, 15) is 0 Å². The quantitative estimate of drug-likeness (QED) is 0.562. The molecule has 0 aliphatic heterocycles. The Balaban J connectivity index is 2.87. The highest BCUT2D eigenvalue weighted by Crippen LogP contribution is 2.09. The highest BCUT2D eigenvalue weighted by atomic mass is 15.0. The van der Waals surface area contributed by atoms with E-state index in [1.807, 2.05) is 37.0 Å². The Morgan fingerprint density at radius 2 is 2.27 bits per heavy atom. The van der Waals surface area contributed by atoms with Gasteiger partial charge in [-0.25, -0.2) is 9.97 Å². The fourth-order valence-electron chi connectivity index (χ4n) is 1.13. The minimum absolute atomic E-state index is 0.819. The van der Waals surface area contributed by atoms with Crippen LogP contribution in [0.3, 0.4) is 0 Å². The first-order valence-electron chi connectivity index (χ1n) is 3.52. The van der Waals surface area contributed by atoms with E-state index in [0.29, 0.717) is 0 Å². The topological polar surface area (TPSA) is 30.7 Å². The summed E-state index contributed by atoms with van der Waals surface area (Å²) in [5, 5.41) is 1.10. The first-order chi connectivity index (χ1) is 5.27. The van der Waals surface area contributed by atoms with Crippen molar-refractivity contribution in [2.45, 2.75) is 6.92 Å². The minimum atomic E-state index is 0.819. The van der Waals surface area contributed by atoms with Gasteiger partial charge in [-0.05, 0) is 13.0 Å². The molecular formula is C8H9N3. The summed E-state index contributed by atoms with van der Waals surface area (Å²) in [7, 11) is 1.98. The van der Waals surface area contributed by atoms with Gasteiger partial charge >= 0.3 is 0 Å². The molecule has 0 aliphatic rings. The van der Waals surface area contributed by atoms with Gasteiger partial charge in [-0.3, -0.25) is 0 Å². The molecule has 0 saturated heterocycles. The van der Waals surface area contributed by atoms with Crippen LogP contribution < -0.4 is 0 Å². The van der Waals surface area contributed by atoms with E-state index in [1.54, 1.807) is 0 Å². The van der Waals surface area contributed by atoms with Gasteiger partial charge in [0.15, 0.2) is 0 Å². The van der Waals surface area contributed by atoms with Gasteiger partial charge < -0.3 is 4.57 Å². The Bertz CT molecular complexity index is 389. The van der Waals surface area contributed by atoms with Gasteiger partial charge in [-0.15, -0.1) is 0 Å². The molecule has 56 valence electrons. The molecule has 0 bridgehead atoms. The molecule has 2 rings (SSSR count). The fourth-order valence-corrected chi connectivity index (χ4v) is 1.13. The normalized spacial score (nSPS) is 10.7. The summed E-state index contributed by atoms with van der Waals surface area (Å²) >= 11 is 0. The largest absolute Gasteiger partial charge is 0.335 e. The van der Waals surface area contributed by atoms with Crippen LogP contribution in [0, 0.1) is 6.92 Å². The molecule has 3 heteroatoms. The Kier molecular flexibility index (Phi) is 1.18. The first kappa shape index (κ1) is 6.34. The summed E-state index contributed by atoms with van der Waals surface area (Å²) in [6, 6.07) is 2.01. The predicted molar refractivity (Wildman–Crippen MR) is 43.2 cm³/mol. The molecule has 0 N–H and O–H groups in total. The van der Waals surface area contributed by atoms with Crippen LogP contribution in [0.25, 0.3) is 11.0 Å². The second-order valence-electron chi connectivity index (χ2n) is 2.62. The maximum absolute atomic E-state index is 4.29. The van der Waals surface area contributed by atoms with E-state index in [4.69, 9.17) is 0 Å². The molecule has 11 heavy (non-hydrogen) atoms. The molecule has 0 atom stereocenters. The molecule has 0 amide bonds. The molecular weight excluding hydrogens is 138 g/mol. The zero-order valence-corrected chi connectivity index (χ0v) is 6.57. The molecule has 0 aliphatic carbocycles. The van der Waals surface area contributed by atoms with Gasteiger partial charge in [-0.1, -0.05) is 0 Å². The number of fused-ring (bicyclic) bond motifs is 1. The lowest BCUT2D eigenvalue weighted by Crippen LogP contribution is -1.91. The zero-order chi connectivity index (χ0) is 7.84. The minimum Gasteiger partial charge on any atom is -0.335 e. The Labute approximate surface area is 64.7 Å². The summed E-state index contributed by atoms with van der Waals surface area (Å²) < 4.78 is 1.99. The molecule has 0 radical (unpaired) electrons. The van der Waals surface area contributed by atoms with Crippen LogP contribution in [0.4, 0.5) is 0 Å². The second kappa shape index (κ2) is 2.05. The van der Waals surface area contributed by atoms with E-state index >= 15 is 0 Å². The highest BCUT2D eigenvalue weighted by Gasteiger charge is 1.98. The standard InChI is InChI=1S/C8H9N3/c1-6-9-5-7-3-4-11(2)8(7)10-6/h3-5H,1-2H3. The van der Waals surface area contributed by atoms with Gasteiger partial charge in [0.2, 0.25) is 0 Å². The van der Waals surface area contributed by atoms with Gasteiger partial charge in [0.25, 0.3) is 0 Å². The predicted octanol–water partition coefficient (Wildman–Crippen LogP) is 1.28. The smallest absolute Gasteiger partial charge is 0.143 e. The van der Waals surface area contributed by atoms with Crippen molar-refractivity contribution in [2.24, 2.45) is 7.05 Å². The molecule has 0 fully saturated rings. The average Bonchev–Trinajstić information content (AvgIpc) is 2.33. The SMILES string of the molecule is Cc1ncc2ccn(C)c2n1. The summed E-state index contributed by atoms with van der Waals surface area (Å²) in [5.41, 5.74) is 0.998. The summed E-state index contributed by atoms with van der Waals surface area (Å²) in [4.78, 5) is 8.38. The average molecular weight is 147 g/mol. The third-order valence-corrected chi connectivity index (χ3v) is 1.73. The number of aryl methyl sites for hydroxylation is 2. The van der Waals surface area contributed by atoms with Crippen molar-refractivity contribution in [3.63, 3.8) is 0 Å². The fraction of sp³-hybridized carbons (Fsp3) is 0.250. The maximum atomic E-state index is 4.29. The zero-order valence-electron chi connectivity index (χ0n) is 6.57. The third-order valence-electron chi connectivity index (χ3n) is 1.73. The second-order valence-corrected chi connectivity index (χ2v) is 2.62. The lowest BCUT2D eigenvalue weighted by Gasteiger charge is -1.94. The molecule has 2 heterocycles. The van der Waals surface area contributed by atoms with E-state index in [0.717, 1.165) is 16.9 Å². The van der Waals surface area contributed by atoms with Gasteiger partial charge in [0.1, 0.15) is 11.5 Å². The van der Waals surface area contributed by atoms with Crippen molar-refractivity contribution in [3.8, 4) is 0 Å². The number of rotatable bonds is 0. The lowest BCUT2D eigenvalue weighted by atomic mass is 10.4. The van der Waals surface area contributed by atoms with E-state index in [-0.39, 0.29) is 0 Å². The highest BCUT2D eigenvalue weighted by molar-refractivity contribution is 5.74. The van der Waals surface area contributed by atoms with Crippen molar-refractivity contribution in [1.29, 1.82) is 0 Å². The summed E-state index contributed by atoms with van der Waals surface area (Å²) in [5.74, 6) is 0.819. The first-order valence-corrected chi connectivity index (χ1v) is 3.52. The number of nitrogens with zero attached hydrogens (tertiary/aromatic N) is 3. The van der Waals surface area contributed by atoms with Gasteiger partial charge in [0, 0.05) is 24.8 Å². The van der Waals surface area contributed by atoms with Crippen LogP contribution in [-0.4, -0.2) is 14.5 Å². The monoisotopic (exact) mass is 147 g/mol. The van der Waals surface area contributed by atoms with Crippen molar-refractivity contribution in [3.05, 3.63) is 24.3 Å². The van der Waals surface area contributed by atoms with Crippen LogP contribution in [0.5, 0.6) is 0 Å². The lowest BCUT2D eigenvalue weighted by molar-refractivity contribution is 0.932.